The van der Waals surface area contributed by atoms with Gasteiger partial charge in [-0.3, -0.25) is 9.59 Å². The lowest BCUT2D eigenvalue weighted by Crippen LogP contribution is -2.28. The van der Waals surface area contributed by atoms with E-state index in [0.717, 1.165) is 17.7 Å². The van der Waals surface area contributed by atoms with Crippen LogP contribution in [0, 0.1) is 0 Å². The Morgan fingerprint density at radius 1 is 1.03 bits per heavy atom. The van der Waals surface area contributed by atoms with Crippen LogP contribution in [0.4, 0.5) is 24.5 Å². The van der Waals surface area contributed by atoms with Crippen LogP contribution in [0.3, 0.4) is 0 Å². The van der Waals surface area contributed by atoms with Crippen LogP contribution in [0.1, 0.15) is 32.0 Å². The fraction of sp³-hybridized carbons (Fsp3) is 0.143. The van der Waals surface area contributed by atoms with E-state index in [2.05, 4.69) is 5.32 Å². The van der Waals surface area contributed by atoms with Gasteiger partial charge in [-0.25, -0.2) is 0 Å². The highest BCUT2D eigenvalue weighted by Gasteiger charge is 2.35. The summed E-state index contributed by atoms with van der Waals surface area (Å²) in [7, 11) is 0. The molecule has 29 heavy (non-hydrogen) atoms. The lowest BCUT2D eigenvalue weighted by atomic mass is 10.1. The second-order valence-electron chi connectivity index (χ2n) is 6.53. The molecule has 0 bridgehead atoms. The molecule has 3 aromatic rings. The van der Waals surface area contributed by atoms with Gasteiger partial charge in [-0.1, -0.05) is 12.1 Å². The first-order chi connectivity index (χ1) is 13.8. The molecule has 0 spiro atoms. The third-order valence-corrected chi connectivity index (χ3v) is 4.69. The second-order valence-corrected chi connectivity index (χ2v) is 6.53. The summed E-state index contributed by atoms with van der Waals surface area (Å²) in [6.45, 7) is 0.448. The van der Waals surface area contributed by atoms with Crippen LogP contribution in [0.25, 0.3) is 0 Å². The summed E-state index contributed by atoms with van der Waals surface area (Å²) in [4.78, 5) is 26.5. The number of carbonyl (C=O) groups excluding carboxylic acids is 2. The Bertz CT molecular complexity index is 1080. The number of rotatable bonds is 3. The van der Waals surface area contributed by atoms with Crippen molar-refractivity contribution < 1.29 is 27.2 Å². The van der Waals surface area contributed by atoms with E-state index in [-0.39, 0.29) is 11.7 Å². The predicted octanol–water partition coefficient (Wildman–Crippen LogP) is 4.75. The number of furan rings is 1. The summed E-state index contributed by atoms with van der Waals surface area (Å²) in [6.07, 6.45) is -2.65. The van der Waals surface area contributed by atoms with Crippen LogP contribution in [0.15, 0.2) is 65.3 Å². The van der Waals surface area contributed by atoms with Gasteiger partial charge in [-0.15, -0.1) is 0 Å². The molecule has 2 amide bonds. The number of benzene rings is 2. The number of anilines is 2. The molecule has 0 unspecified atom stereocenters. The van der Waals surface area contributed by atoms with E-state index in [4.69, 9.17) is 4.42 Å². The van der Waals surface area contributed by atoms with E-state index in [1.165, 1.54) is 18.4 Å². The van der Waals surface area contributed by atoms with Gasteiger partial charge < -0.3 is 14.6 Å². The SMILES string of the molecule is O=C(Nc1ccc2c(c1)CCN2C(=O)c1ccco1)c1ccccc1C(F)(F)F. The van der Waals surface area contributed by atoms with Crippen LogP contribution in [0.5, 0.6) is 0 Å². The molecule has 1 N–H and O–H groups in total. The monoisotopic (exact) mass is 400 g/mol. The standard InChI is InChI=1S/C21H15F3N2O3/c22-21(23,24)16-5-2-1-4-15(16)19(27)25-14-7-8-17-13(12-14)9-10-26(17)20(28)18-6-3-11-29-18/h1-8,11-12H,9-10H2,(H,25,27). The third-order valence-electron chi connectivity index (χ3n) is 4.69. The van der Waals surface area contributed by atoms with Crippen LogP contribution in [0.2, 0.25) is 0 Å². The largest absolute Gasteiger partial charge is 0.459 e. The van der Waals surface area contributed by atoms with Crippen molar-refractivity contribution in [3.05, 3.63) is 83.3 Å². The zero-order valence-corrected chi connectivity index (χ0v) is 15.0. The number of halogens is 3. The summed E-state index contributed by atoms with van der Waals surface area (Å²) in [5.41, 5.74) is 0.411. The minimum atomic E-state index is -4.63. The van der Waals surface area contributed by atoms with Gasteiger partial charge in [0, 0.05) is 17.9 Å². The van der Waals surface area contributed by atoms with Gasteiger partial charge in [0.1, 0.15) is 0 Å². The van der Waals surface area contributed by atoms with Crippen molar-refractivity contribution in [2.45, 2.75) is 12.6 Å². The fourth-order valence-electron chi connectivity index (χ4n) is 3.35. The van der Waals surface area contributed by atoms with Crippen molar-refractivity contribution in [3.8, 4) is 0 Å². The summed E-state index contributed by atoms with van der Waals surface area (Å²) in [5.74, 6) is -0.900. The van der Waals surface area contributed by atoms with Crippen LogP contribution < -0.4 is 10.2 Å². The van der Waals surface area contributed by atoms with Crippen molar-refractivity contribution in [2.24, 2.45) is 0 Å². The summed E-state index contributed by atoms with van der Waals surface area (Å²) in [6, 6.07) is 12.7. The molecule has 2 aromatic carbocycles. The van der Waals surface area contributed by atoms with Crippen LogP contribution >= 0.6 is 0 Å². The molecular weight excluding hydrogens is 385 g/mol. The molecule has 1 aromatic heterocycles. The molecule has 8 heteroatoms. The van der Waals surface area contributed by atoms with Crippen molar-refractivity contribution >= 4 is 23.2 Å². The molecule has 0 aliphatic carbocycles. The Morgan fingerprint density at radius 2 is 1.83 bits per heavy atom. The van der Waals surface area contributed by atoms with Gasteiger partial charge in [0.15, 0.2) is 5.76 Å². The van der Waals surface area contributed by atoms with E-state index in [9.17, 15) is 22.8 Å². The van der Waals surface area contributed by atoms with Crippen LogP contribution in [-0.2, 0) is 12.6 Å². The molecule has 0 atom stereocenters. The second kappa shape index (κ2) is 7.12. The van der Waals surface area contributed by atoms with Gasteiger partial charge in [-0.2, -0.15) is 13.2 Å². The Labute approximate surface area is 163 Å². The first-order valence-electron chi connectivity index (χ1n) is 8.80. The number of fused-ring (bicyclic) bond motifs is 1. The molecular formula is C21H15F3N2O3. The number of carbonyl (C=O) groups is 2. The highest BCUT2D eigenvalue weighted by molar-refractivity contribution is 6.07. The number of hydrogen-bond acceptors (Lipinski definition) is 3. The minimum Gasteiger partial charge on any atom is -0.459 e. The number of alkyl halides is 3. The smallest absolute Gasteiger partial charge is 0.417 e. The summed E-state index contributed by atoms with van der Waals surface area (Å²) in [5, 5.41) is 2.51. The van der Waals surface area contributed by atoms with E-state index < -0.39 is 23.2 Å². The highest BCUT2D eigenvalue weighted by atomic mass is 19.4. The minimum absolute atomic E-state index is 0.221. The van der Waals surface area contributed by atoms with E-state index in [1.807, 2.05) is 0 Å². The van der Waals surface area contributed by atoms with E-state index in [1.54, 1.807) is 35.2 Å². The Kier molecular flexibility index (Phi) is 4.62. The van der Waals surface area contributed by atoms with E-state index >= 15 is 0 Å². The summed E-state index contributed by atoms with van der Waals surface area (Å²) >= 11 is 0. The van der Waals surface area contributed by atoms with Crippen molar-refractivity contribution in [2.75, 3.05) is 16.8 Å². The number of nitrogens with zero attached hydrogens (tertiary/aromatic N) is 1. The first kappa shape index (κ1) is 18.8. The van der Waals surface area contributed by atoms with E-state index in [0.29, 0.717) is 24.3 Å². The predicted molar refractivity (Wildman–Crippen MR) is 99.9 cm³/mol. The Morgan fingerprint density at radius 3 is 2.55 bits per heavy atom. The average Bonchev–Trinajstić information content (AvgIpc) is 3.36. The maximum atomic E-state index is 13.1. The van der Waals surface area contributed by atoms with Crippen molar-refractivity contribution in [3.63, 3.8) is 0 Å². The molecule has 0 fully saturated rings. The molecule has 2 heterocycles. The lowest BCUT2D eigenvalue weighted by molar-refractivity contribution is -0.137. The molecule has 0 saturated carbocycles. The number of hydrogen-bond donors (Lipinski definition) is 1. The average molecular weight is 400 g/mol. The van der Waals surface area contributed by atoms with Crippen molar-refractivity contribution in [1.29, 1.82) is 0 Å². The number of amides is 2. The molecule has 4 rings (SSSR count). The quantitative estimate of drug-likeness (QED) is 0.690. The topological polar surface area (TPSA) is 62.6 Å². The Hall–Kier alpha value is -3.55. The lowest BCUT2D eigenvalue weighted by Gasteiger charge is -2.16. The van der Waals surface area contributed by atoms with Gasteiger partial charge in [0.25, 0.3) is 11.8 Å². The number of nitrogens with one attached hydrogen (secondary N) is 1. The van der Waals surface area contributed by atoms with Gasteiger partial charge in [0.2, 0.25) is 0 Å². The molecule has 5 nitrogen and oxygen atoms in total. The first-order valence-corrected chi connectivity index (χ1v) is 8.80. The molecule has 0 saturated heterocycles. The zero-order valence-electron chi connectivity index (χ0n) is 15.0. The fourth-order valence-corrected chi connectivity index (χ4v) is 3.35. The van der Waals surface area contributed by atoms with Crippen molar-refractivity contribution in [1.82, 2.24) is 0 Å². The van der Waals surface area contributed by atoms with Gasteiger partial charge >= 0.3 is 6.18 Å². The highest BCUT2D eigenvalue weighted by Crippen LogP contribution is 2.34. The molecule has 1 aliphatic heterocycles. The molecule has 0 radical (unpaired) electrons. The van der Waals surface area contributed by atoms with Gasteiger partial charge in [-0.05, 0) is 54.4 Å². The molecule has 1 aliphatic rings. The normalized spacial score (nSPS) is 13.3. The zero-order chi connectivity index (χ0) is 20.6. The molecule has 148 valence electrons. The third kappa shape index (κ3) is 3.61. The van der Waals surface area contributed by atoms with Crippen LogP contribution in [-0.4, -0.2) is 18.4 Å². The summed E-state index contributed by atoms with van der Waals surface area (Å²) < 4.78 is 44.6. The Balaban J connectivity index is 1.56. The van der Waals surface area contributed by atoms with Gasteiger partial charge in [0.05, 0.1) is 17.4 Å². The maximum absolute atomic E-state index is 13.1. The maximum Gasteiger partial charge on any atom is 0.417 e.